The van der Waals surface area contributed by atoms with Gasteiger partial charge >= 0.3 is 29.6 Å². The monoisotopic (exact) mass is 1320 g/mol. The van der Waals surface area contributed by atoms with E-state index in [1.165, 1.54) is 51.5 Å². The molecule has 4 saturated heterocycles. The molecule has 31 heteroatoms. The van der Waals surface area contributed by atoms with Crippen LogP contribution < -0.4 is 66.3 Å². The molecular weight excluding hydrogens is 1230 g/mol. The number of anilines is 1. The number of β-amino-alcohol motifs (C(OH)–C–C–N with tert-alkyl or cyclic N) is 1. The van der Waals surface area contributed by atoms with Gasteiger partial charge in [0.15, 0.2) is 6.10 Å². The van der Waals surface area contributed by atoms with Gasteiger partial charge in [0.25, 0.3) is 5.91 Å². The fourth-order valence-electron chi connectivity index (χ4n) is 13.7. The minimum atomic E-state index is -2.72. The molecule has 0 aromatic heterocycles. The molecular formula is C61H87N10NaO19S. The molecule has 2 aromatic carbocycles. The number of aliphatic hydroxyl groups is 6. The number of benzene rings is 2. The molecule has 29 nitrogen and oxygen atoms in total. The van der Waals surface area contributed by atoms with Gasteiger partial charge in [-0.3, -0.25) is 43.5 Å². The molecule has 0 spiro atoms. The normalized spacial score (nSPS) is 31.4. The maximum atomic E-state index is 14.6. The molecule has 6 fully saturated rings. The van der Waals surface area contributed by atoms with E-state index < -0.39 is 181 Å². The maximum Gasteiger partial charge on any atom is 1.00 e. The number of phenolic OH excluding ortho intramolecular Hbond substituents is 1. The summed E-state index contributed by atoms with van der Waals surface area (Å²) < 4.78 is 22.6. The SMILES string of the molecule is [C-]#[N+]C[C@@H](O)[C@@H]1NC(=O)C([C@H](O)Cc2ccc(O)c(S(=O)OO[O-])c2)NC(=O)C2CC(O)CN2C(=O)C(C(C)O)NC(=O)[C@@H](NC(=O)c2ccc(N3CCN(C4CCC(C5CCC(OCCC)CC5)CC4)CC3)cc2)C[C@H](O)CNC(=O)C2[C@@H](O)C(C)CN2C1=O.[Na+]. The minimum absolute atomic E-state index is 0. The first-order valence-electron chi connectivity index (χ1n) is 31.4. The van der Waals surface area contributed by atoms with E-state index in [1.54, 1.807) is 24.3 Å². The molecule has 6 aliphatic rings. The Hall–Kier alpha value is -5.47. The number of nitrogens with zero attached hydrogens (tertiary/aromatic N) is 5. The van der Waals surface area contributed by atoms with Crippen LogP contribution in [0, 0.1) is 24.3 Å². The van der Waals surface area contributed by atoms with Crippen molar-refractivity contribution in [1.82, 2.24) is 41.3 Å². The summed E-state index contributed by atoms with van der Waals surface area (Å²) >= 11 is -2.72. The third-order valence-corrected chi connectivity index (χ3v) is 19.6. The zero-order valence-corrected chi connectivity index (χ0v) is 55.2. The second kappa shape index (κ2) is 34.3. The Morgan fingerprint density at radius 1 is 0.783 bits per heavy atom. The third-order valence-electron chi connectivity index (χ3n) is 18.8. The number of nitrogens with one attached hydrogen (secondary N) is 5. The third kappa shape index (κ3) is 18.5. The van der Waals surface area contributed by atoms with E-state index in [0.717, 1.165) is 98.4 Å². The Bertz CT molecular complexity index is 2930. The molecule has 92 heavy (non-hydrogen) atoms. The van der Waals surface area contributed by atoms with Gasteiger partial charge in [0.05, 0.1) is 36.6 Å². The van der Waals surface area contributed by atoms with Gasteiger partial charge in [-0.05, 0) is 119 Å². The van der Waals surface area contributed by atoms with Gasteiger partial charge in [-0.1, -0.05) is 19.9 Å². The van der Waals surface area contributed by atoms with Crippen molar-refractivity contribution in [2.75, 3.05) is 63.9 Å². The first-order chi connectivity index (χ1) is 43.5. The molecule has 0 radical (unpaired) electrons. The molecule has 8 unspecified atom stereocenters. The first-order valence-corrected chi connectivity index (χ1v) is 32.5. The second-order valence-electron chi connectivity index (χ2n) is 25.1. The maximum absolute atomic E-state index is 14.6. The van der Waals surface area contributed by atoms with E-state index in [-0.39, 0.29) is 47.2 Å². The van der Waals surface area contributed by atoms with E-state index in [1.807, 2.05) is 0 Å². The molecule has 7 amide bonds. The molecule has 2 saturated carbocycles. The largest absolute Gasteiger partial charge is 1.00 e. The second-order valence-corrected chi connectivity index (χ2v) is 26.1. The predicted octanol–water partition coefficient (Wildman–Crippen LogP) is -5.82. The fraction of sp³-hybridized carbons (Fsp3) is 0.672. The summed E-state index contributed by atoms with van der Waals surface area (Å²) in [6.07, 6.45) is -1.29. The van der Waals surface area contributed by atoms with Gasteiger partial charge < -0.3 is 91.9 Å². The number of fused-ring (bicyclic) bond motifs is 2. The summed E-state index contributed by atoms with van der Waals surface area (Å²) in [5.41, 5.74) is 0.956. The molecule has 0 bridgehead atoms. The molecule has 14 atom stereocenters. The predicted molar refractivity (Wildman–Crippen MR) is 321 cm³/mol. The van der Waals surface area contributed by atoms with Crippen molar-refractivity contribution in [3.63, 3.8) is 0 Å². The average molecular weight is 1320 g/mol. The number of aliphatic hydroxyl groups excluding tert-OH is 6. The van der Waals surface area contributed by atoms with Crippen LogP contribution in [-0.2, 0) is 60.4 Å². The molecule has 4 heterocycles. The average Bonchev–Trinajstić information content (AvgIpc) is 1.65. The van der Waals surface area contributed by atoms with Crippen molar-refractivity contribution in [2.24, 2.45) is 17.8 Å². The Kier molecular flexibility index (Phi) is 27.5. The van der Waals surface area contributed by atoms with Gasteiger partial charge in [-0.2, -0.15) is 0 Å². The topological polar surface area (TPSA) is 406 Å². The standard InChI is InChI=1S/C61H88N10O19S.Na/c1-5-24-88-43-17-11-37(12-18-43)36-7-13-39(14-8-36)68-20-22-69(23-21-68)40-15-9-38(10-16-40)55(79)64-44-27-41(73)29-63-59(83)53-54(78)33(2)31-71(53)61(85)52(48(77)30-62-4)67-58(82)51(47(76)25-35-6-19-46(75)49(26-35)91(87)90-89-86)66-57(81)45-28-42(74)32-70(45)60(84)50(34(3)72)65-56(44)80;/h6,9-10,15-16,19,26,33-34,36-37,39,41-45,47-48,50-54,72-78,86H,5,7-8,11-14,17-18,20-25,27-32H2,1-3H3,(H,63,83)(H,64,79)(H,65,80)(H,66,81)(H,67,82);/q;+1/p-1/t33?,34?,36?,37?,39?,41-,42?,43?,44-,45?,47+,48+,50?,51?,52-,53?,54-,91?;/m0./s1. The number of hydrogen-bond donors (Lipinski definition) is 12. The van der Waals surface area contributed by atoms with Crippen LogP contribution in [0.5, 0.6) is 5.75 Å². The molecule has 2 aliphatic carbocycles. The number of aromatic hydroxyl groups is 1. The summed E-state index contributed by atoms with van der Waals surface area (Å²) in [5, 5.41) is 105. The quantitative estimate of drug-likeness (QED) is 0.0304. The van der Waals surface area contributed by atoms with E-state index in [2.05, 4.69) is 57.5 Å². The molecule has 8 rings (SSSR count). The van der Waals surface area contributed by atoms with Gasteiger partial charge in [-0.15, -0.1) is 4.33 Å². The number of carbonyl (C=O) groups is 7. The number of hydrogen-bond acceptors (Lipinski definition) is 21. The van der Waals surface area contributed by atoms with E-state index in [4.69, 9.17) is 11.3 Å². The smallest absolute Gasteiger partial charge is 0.691 e. The zero-order chi connectivity index (χ0) is 65.8. The number of rotatable bonds is 17. The molecule has 2 aromatic rings. The van der Waals surface area contributed by atoms with Crippen LogP contribution in [0.15, 0.2) is 47.4 Å². The molecule has 4 aliphatic heterocycles. The Morgan fingerprint density at radius 2 is 1.41 bits per heavy atom. The van der Waals surface area contributed by atoms with Crippen LogP contribution in [0.25, 0.3) is 4.85 Å². The van der Waals surface area contributed by atoms with E-state index in [0.29, 0.717) is 12.1 Å². The van der Waals surface area contributed by atoms with Crippen LogP contribution in [0.2, 0.25) is 0 Å². The summed E-state index contributed by atoms with van der Waals surface area (Å²) in [5.74, 6) is -7.91. The summed E-state index contributed by atoms with van der Waals surface area (Å²) in [7, 11) is 0. The van der Waals surface area contributed by atoms with E-state index >= 15 is 0 Å². The van der Waals surface area contributed by atoms with E-state index in [9.17, 15) is 78.8 Å². The zero-order valence-electron chi connectivity index (χ0n) is 52.4. The van der Waals surface area contributed by atoms with Crippen molar-refractivity contribution >= 4 is 58.1 Å². The van der Waals surface area contributed by atoms with Crippen molar-refractivity contribution < 1.29 is 122 Å². The first kappa shape index (κ1) is 73.9. The summed E-state index contributed by atoms with van der Waals surface area (Å²) in [4.78, 5) is 110. The van der Waals surface area contributed by atoms with Crippen molar-refractivity contribution in [3.05, 3.63) is 65.0 Å². The molecule has 502 valence electrons. The van der Waals surface area contributed by atoms with Crippen LogP contribution >= 0.6 is 0 Å². The Balaban J connectivity index is 0.0000120. The number of ether oxygens (including phenoxy) is 1. The number of piperazine rings is 1. The van der Waals surface area contributed by atoms with Gasteiger partial charge in [-0.25, -0.2) is 10.8 Å². The minimum Gasteiger partial charge on any atom is -0.691 e. The van der Waals surface area contributed by atoms with Crippen LogP contribution in [0.4, 0.5) is 5.69 Å². The molecule has 12 N–H and O–H groups in total. The van der Waals surface area contributed by atoms with Crippen LogP contribution in [0.1, 0.15) is 107 Å². The fourth-order valence-corrected chi connectivity index (χ4v) is 14.3. The van der Waals surface area contributed by atoms with Crippen molar-refractivity contribution in [2.45, 2.75) is 188 Å². The van der Waals surface area contributed by atoms with Crippen LogP contribution in [-0.4, -0.2) is 240 Å². The Morgan fingerprint density at radius 3 is 2.04 bits per heavy atom. The number of carbonyl (C=O) groups excluding carboxylic acids is 7. The summed E-state index contributed by atoms with van der Waals surface area (Å²) in [6, 6.07) is -1.03. The Labute approximate surface area is 558 Å². The van der Waals surface area contributed by atoms with Crippen LogP contribution in [0.3, 0.4) is 0 Å². The van der Waals surface area contributed by atoms with Crippen molar-refractivity contribution in [1.29, 1.82) is 0 Å². The van der Waals surface area contributed by atoms with Gasteiger partial charge in [0.2, 0.25) is 53.1 Å². The number of amides is 7. The van der Waals surface area contributed by atoms with Crippen molar-refractivity contribution in [3.8, 4) is 5.75 Å². The van der Waals surface area contributed by atoms with Gasteiger partial charge in [0.1, 0.15) is 46.9 Å². The number of phenols is 1. The van der Waals surface area contributed by atoms with Gasteiger partial charge in [0, 0.05) is 94.9 Å². The summed E-state index contributed by atoms with van der Waals surface area (Å²) in [6.45, 7) is 13.9.